The lowest BCUT2D eigenvalue weighted by atomic mass is 10.1. The van der Waals surface area contributed by atoms with Crippen molar-refractivity contribution in [2.24, 2.45) is 0 Å². The molecule has 4 heteroatoms. The zero-order valence-corrected chi connectivity index (χ0v) is 17.0. The van der Waals surface area contributed by atoms with E-state index in [4.69, 9.17) is 9.05 Å². The van der Waals surface area contributed by atoms with Crippen molar-refractivity contribution in [3.8, 4) is 11.5 Å². The molecule has 0 radical (unpaired) electrons. The van der Waals surface area contributed by atoms with Gasteiger partial charge in [0.15, 0.2) is 0 Å². The summed E-state index contributed by atoms with van der Waals surface area (Å²) >= 11 is 0. The Morgan fingerprint density at radius 2 is 0.900 bits per heavy atom. The Balaban J connectivity index is 1.64. The fraction of sp³-hybridized carbons (Fsp3) is 0. The van der Waals surface area contributed by atoms with Gasteiger partial charge >= 0.3 is 7.60 Å². The van der Waals surface area contributed by atoms with Gasteiger partial charge in [0, 0.05) is 10.8 Å². The van der Waals surface area contributed by atoms with Crippen LogP contribution in [0.15, 0.2) is 115 Å². The van der Waals surface area contributed by atoms with E-state index in [0.29, 0.717) is 16.8 Å². The highest BCUT2D eigenvalue weighted by Crippen LogP contribution is 2.50. The molecular formula is C26H19O3P. The summed E-state index contributed by atoms with van der Waals surface area (Å²) in [5.74, 6) is 1.06. The molecule has 0 amide bonds. The SMILES string of the molecule is O=P(Oc1cccc2ccccc12)(Oc1cccc2ccccc12)c1ccccc1. The van der Waals surface area contributed by atoms with Crippen molar-refractivity contribution in [3.05, 3.63) is 115 Å². The molecule has 30 heavy (non-hydrogen) atoms. The van der Waals surface area contributed by atoms with Gasteiger partial charge in [0.25, 0.3) is 0 Å². The Kier molecular flexibility index (Phi) is 4.74. The van der Waals surface area contributed by atoms with Crippen molar-refractivity contribution in [3.63, 3.8) is 0 Å². The predicted octanol–water partition coefficient (Wildman–Crippen LogP) is 6.97. The first-order valence-electron chi connectivity index (χ1n) is 9.73. The van der Waals surface area contributed by atoms with Gasteiger partial charge in [-0.3, -0.25) is 0 Å². The normalized spacial score (nSPS) is 11.5. The topological polar surface area (TPSA) is 35.5 Å². The number of hydrogen-bond donors (Lipinski definition) is 0. The monoisotopic (exact) mass is 410 g/mol. The number of fused-ring (bicyclic) bond motifs is 2. The van der Waals surface area contributed by atoms with Crippen LogP contribution in [0.25, 0.3) is 21.5 Å². The van der Waals surface area contributed by atoms with Crippen LogP contribution >= 0.6 is 7.60 Å². The van der Waals surface area contributed by atoms with Gasteiger partial charge in [-0.2, -0.15) is 0 Å². The van der Waals surface area contributed by atoms with Crippen molar-refractivity contribution in [1.29, 1.82) is 0 Å². The van der Waals surface area contributed by atoms with Crippen LogP contribution in [0.4, 0.5) is 0 Å². The van der Waals surface area contributed by atoms with E-state index in [2.05, 4.69) is 0 Å². The molecule has 146 valence electrons. The average Bonchev–Trinajstić information content (AvgIpc) is 2.80. The van der Waals surface area contributed by atoms with E-state index in [-0.39, 0.29) is 0 Å². The first-order chi connectivity index (χ1) is 14.7. The first-order valence-corrected chi connectivity index (χ1v) is 11.3. The zero-order chi connectivity index (χ0) is 20.4. The van der Waals surface area contributed by atoms with E-state index >= 15 is 0 Å². The van der Waals surface area contributed by atoms with Crippen LogP contribution in [0.3, 0.4) is 0 Å². The van der Waals surface area contributed by atoms with Crippen molar-refractivity contribution in [2.45, 2.75) is 0 Å². The Labute approximate surface area is 175 Å². The van der Waals surface area contributed by atoms with Crippen LogP contribution in [-0.4, -0.2) is 0 Å². The molecule has 5 rings (SSSR count). The summed E-state index contributed by atoms with van der Waals surface area (Å²) in [7, 11) is -3.72. The summed E-state index contributed by atoms with van der Waals surface area (Å²) in [4.78, 5) is 0. The molecule has 0 heterocycles. The van der Waals surface area contributed by atoms with Gasteiger partial charge < -0.3 is 9.05 Å². The molecule has 0 bridgehead atoms. The average molecular weight is 410 g/mol. The second-order valence-electron chi connectivity index (χ2n) is 6.97. The third-order valence-electron chi connectivity index (χ3n) is 5.01. The molecule has 0 aliphatic rings. The van der Waals surface area contributed by atoms with Gasteiger partial charge in [-0.1, -0.05) is 91.0 Å². The second kappa shape index (κ2) is 7.70. The molecule has 0 unspecified atom stereocenters. The van der Waals surface area contributed by atoms with Gasteiger partial charge in [0.2, 0.25) is 0 Å². The van der Waals surface area contributed by atoms with Crippen LogP contribution in [0.1, 0.15) is 0 Å². The summed E-state index contributed by atoms with van der Waals surface area (Å²) < 4.78 is 26.6. The van der Waals surface area contributed by atoms with E-state index in [9.17, 15) is 4.57 Å². The van der Waals surface area contributed by atoms with Gasteiger partial charge in [-0.15, -0.1) is 0 Å². The number of hydrogen-bond acceptors (Lipinski definition) is 3. The van der Waals surface area contributed by atoms with Crippen LogP contribution < -0.4 is 14.4 Å². The Morgan fingerprint density at radius 1 is 0.467 bits per heavy atom. The molecule has 0 fully saturated rings. The fourth-order valence-electron chi connectivity index (χ4n) is 3.54. The molecule has 0 spiro atoms. The number of rotatable bonds is 5. The highest BCUT2D eigenvalue weighted by Gasteiger charge is 2.32. The maximum Gasteiger partial charge on any atom is 0.462 e. The molecule has 3 nitrogen and oxygen atoms in total. The standard InChI is InChI=1S/C26H19O3P/c27-30(22-14-2-1-3-15-22,28-25-18-8-12-20-10-4-6-16-23(20)25)29-26-19-9-13-21-11-5-7-17-24(21)26/h1-19H. The summed E-state index contributed by atoms with van der Waals surface area (Å²) in [5, 5.41) is 4.31. The number of benzene rings is 5. The molecule has 0 aliphatic carbocycles. The Morgan fingerprint density at radius 3 is 1.43 bits per heavy atom. The highest BCUT2D eigenvalue weighted by molar-refractivity contribution is 7.63. The van der Waals surface area contributed by atoms with Crippen molar-refractivity contribution in [2.75, 3.05) is 0 Å². The molecule has 0 saturated carbocycles. The summed E-state index contributed by atoms with van der Waals surface area (Å²) in [6.45, 7) is 0. The van der Waals surface area contributed by atoms with Gasteiger partial charge in [0.1, 0.15) is 11.5 Å². The predicted molar refractivity (Wildman–Crippen MR) is 123 cm³/mol. The van der Waals surface area contributed by atoms with E-state index < -0.39 is 7.60 Å². The van der Waals surface area contributed by atoms with Gasteiger partial charge in [0.05, 0.1) is 5.30 Å². The van der Waals surface area contributed by atoms with Crippen molar-refractivity contribution in [1.82, 2.24) is 0 Å². The van der Waals surface area contributed by atoms with Crippen LogP contribution in [0, 0.1) is 0 Å². The van der Waals surface area contributed by atoms with Crippen LogP contribution in [0.2, 0.25) is 0 Å². The maximum atomic E-state index is 14.2. The first kappa shape index (κ1) is 18.5. The second-order valence-corrected chi connectivity index (χ2v) is 8.85. The molecule has 0 aliphatic heterocycles. The van der Waals surface area contributed by atoms with E-state index in [0.717, 1.165) is 21.5 Å². The third kappa shape index (κ3) is 3.45. The molecule has 0 saturated heterocycles. The zero-order valence-electron chi connectivity index (χ0n) is 16.1. The minimum atomic E-state index is -3.72. The molecule has 0 N–H and O–H groups in total. The lowest BCUT2D eigenvalue weighted by Crippen LogP contribution is -2.14. The Bertz CT molecular complexity index is 1280. The third-order valence-corrected chi connectivity index (χ3v) is 6.81. The fourth-order valence-corrected chi connectivity index (χ4v) is 5.17. The molecule has 5 aromatic carbocycles. The van der Waals surface area contributed by atoms with Gasteiger partial charge in [-0.25, -0.2) is 4.57 Å². The summed E-state index contributed by atoms with van der Waals surface area (Å²) in [6.07, 6.45) is 0. The van der Waals surface area contributed by atoms with Crippen LogP contribution in [-0.2, 0) is 4.57 Å². The molecular weight excluding hydrogens is 391 g/mol. The summed E-state index contributed by atoms with van der Waals surface area (Å²) in [6, 6.07) is 36.3. The van der Waals surface area contributed by atoms with Crippen molar-refractivity contribution >= 4 is 34.4 Å². The lowest BCUT2D eigenvalue weighted by molar-refractivity contribution is 0.402. The minimum absolute atomic E-state index is 0.505. The maximum absolute atomic E-state index is 14.2. The lowest BCUT2D eigenvalue weighted by Gasteiger charge is -2.22. The summed E-state index contributed by atoms with van der Waals surface area (Å²) in [5.41, 5.74) is 0. The quantitative estimate of drug-likeness (QED) is 0.294. The Hall–Kier alpha value is -3.55. The van der Waals surface area contributed by atoms with Gasteiger partial charge in [-0.05, 0) is 35.0 Å². The molecule has 5 aromatic rings. The largest absolute Gasteiger partial charge is 0.462 e. The van der Waals surface area contributed by atoms with Crippen molar-refractivity contribution < 1.29 is 13.6 Å². The molecule has 0 atom stereocenters. The highest BCUT2D eigenvalue weighted by atomic mass is 31.2. The van der Waals surface area contributed by atoms with E-state index in [1.54, 1.807) is 12.1 Å². The smallest absolute Gasteiger partial charge is 0.412 e. The van der Waals surface area contributed by atoms with E-state index in [1.807, 2.05) is 103 Å². The minimum Gasteiger partial charge on any atom is -0.412 e. The van der Waals surface area contributed by atoms with Crippen LogP contribution in [0.5, 0.6) is 11.5 Å². The van der Waals surface area contributed by atoms with E-state index in [1.165, 1.54) is 0 Å². The molecule has 0 aromatic heterocycles.